The quantitative estimate of drug-likeness (QED) is 0.703. The van der Waals surface area contributed by atoms with Crippen LogP contribution in [0.2, 0.25) is 0 Å². The van der Waals surface area contributed by atoms with Crippen LogP contribution in [0.25, 0.3) is 0 Å². The van der Waals surface area contributed by atoms with Crippen molar-refractivity contribution in [2.45, 2.75) is 38.7 Å². The normalized spacial score (nSPS) is 28.3. The van der Waals surface area contributed by atoms with E-state index in [1.807, 2.05) is 0 Å². The molecule has 1 N–H and O–H groups in total. The Morgan fingerprint density at radius 3 is 2.67 bits per heavy atom. The van der Waals surface area contributed by atoms with Crippen molar-refractivity contribution in [2.24, 2.45) is 5.41 Å². The first-order valence-electron chi connectivity index (χ1n) is 5.32. The fourth-order valence-electron chi connectivity index (χ4n) is 2.00. The summed E-state index contributed by atoms with van der Waals surface area (Å²) in [5, 5.41) is 10.5. The molecule has 1 saturated heterocycles. The highest BCUT2D eigenvalue weighted by atomic mass is 16.5. The number of carbonyl (C=O) groups is 1. The zero-order chi connectivity index (χ0) is 11.5. The maximum atomic E-state index is 11.6. The van der Waals surface area contributed by atoms with Crippen molar-refractivity contribution in [3.05, 3.63) is 0 Å². The first-order chi connectivity index (χ1) is 6.94. The second-order valence-corrected chi connectivity index (χ2v) is 4.61. The number of aliphatic hydroxyl groups is 1. The molecule has 0 aliphatic carbocycles. The zero-order valence-corrected chi connectivity index (χ0v) is 9.71. The lowest BCUT2D eigenvalue weighted by atomic mass is 9.71. The average Bonchev–Trinajstić information content (AvgIpc) is 2.43. The van der Waals surface area contributed by atoms with Crippen LogP contribution in [0.15, 0.2) is 0 Å². The molecule has 0 spiro atoms. The molecule has 1 heterocycles. The summed E-state index contributed by atoms with van der Waals surface area (Å²) in [7, 11) is 1.35. The predicted octanol–water partition coefficient (Wildman–Crippen LogP) is 1.12. The third kappa shape index (κ3) is 2.32. The molecule has 0 saturated carbocycles. The molecule has 1 unspecified atom stereocenters. The highest BCUT2D eigenvalue weighted by Gasteiger charge is 2.49. The average molecular weight is 216 g/mol. The van der Waals surface area contributed by atoms with E-state index in [2.05, 4.69) is 0 Å². The molecular weight excluding hydrogens is 196 g/mol. The topological polar surface area (TPSA) is 55.8 Å². The molecule has 0 bridgehead atoms. The summed E-state index contributed by atoms with van der Waals surface area (Å²) in [5.41, 5.74) is -1.90. The van der Waals surface area contributed by atoms with Crippen LogP contribution in [-0.4, -0.2) is 37.0 Å². The van der Waals surface area contributed by atoms with Crippen molar-refractivity contribution in [1.29, 1.82) is 0 Å². The van der Waals surface area contributed by atoms with Crippen LogP contribution in [0.1, 0.15) is 33.1 Å². The summed E-state index contributed by atoms with van der Waals surface area (Å²) >= 11 is 0. The van der Waals surface area contributed by atoms with E-state index in [4.69, 9.17) is 9.47 Å². The summed E-state index contributed by atoms with van der Waals surface area (Å²) in [5.74, 6) is -0.369. The highest BCUT2D eigenvalue weighted by molar-refractivity contribution is 5.77. The largest absolute Gasteiger partial charge is 0.469 e. The van der Waals surface area contributed by atoms with E-state index in [-0.39, 0.29) is 5.97 Å². The van der Waals surface area contributed by atoms with Crippen LogP contribution in [0, 0.1) is 5.41 Å². The van der Waals surface area contributed by atoms with E-state index in [1.165, 1.54) is 7.11 Å². The highest BCUT2D eigenvalue weighted by Crippen LogP contribution is 2.39. The maximum absolute atomic E-state index is 11.6. The van der Waals surface area contributed by atoms with E-state index >= 15 is 0 Å². The van der Waals surface area contributed by atoms with E-state index in [9.17, 15) is 9.90 Å². The van der Waals surface area contributed by atoms with Gasteiger partial charge in [0.25, 0.3) is 0 Å². The maximum Gasteiger partial charge on any atom is 0.314 e. The lowest BCUT2D eigenvalue weighted by Gasteiger charge is -2.39. The van der Waals surface area contributed by atoms with Crippen LogP contribution in [0.5, 0.6) is 0 Å². The Kier molecular flexibility index (Phi) is 3.73. The molecule has 1 aliphatic heterocycles. The minimum Gasteiger partial charge on any atom is -0.469 e. The van der Waals surface area contributed by atoms with Gasteiger partial charge in [-0.2, -0.15) is 0 Å². The van der Waals surface area contributed by atoms with Gasteiger partial charge >= 0.3 is 5.97 Å². The number of ether oxygens (including phenoxy) is 2. The zero-order valence-electron chi connectivity index (χ0n) is 9.71. The van der Waals surface area contributed by atoms with Gasteiger partial charge in [-0.3, -0.25) is 4.79 Å². The summed E-state index contributed by atoms with van der Waals surface area (Å²) in [4.78, 5) is 11.6. The molecule has 1 fully saturated rings. The molecule has 1 atom stereocenters. The lowest BCUT2D eigenvalue weighted by Crippen LogP contribution is -2.50. The lowest BCUT2D eigenvalue weighted by molar-refractivity contribution is -0.170. The first-order valence-corrected chi connectivity index (χ1v) is 5.32. The molecular formula is C11H20O4. The number of rotatable bonds is 2. The van der Waals surface area contributed by atoms with Gasteiger partial charge in [-0.15, -0.1) is 0 Å². The molecule has 1 rings (SSSR count). The molecule has 88 valence electrons. The molecule has 0 amide bonds. The molecule has 0 aromatic rings. The Balaban J connectivity index is 2.85. The van der Waals surface area contributed by atoms with E-state index in [0.717, 1.165) is 6.42 Å². The minimum absolute atomic E-state index is 0.369. The fraction of sp³-hybridized carbons (Fsp3) is 0.909. The molecule has 0 radical (unpaired) electrons. The van der Waals surface area contributed by atoms with Gasteiger partial charge < -0.3 is 14.6 Å². The summed E-state index contributed by atoms with van der Waals surface area (Å²) in [6, 6.07) is 0. The van der Waals surface area contributed by atoms with E-state index in [0.29, 0.717) is 26.1 Å². The van der Waals surface area contributed by atoms with Crippen molar-refractivity contribution in [2.75, 3.05) is 20.3 Å². The smallest absolute Gasteiger partial charge is 0.314 e. The Morgan fingerprint density at radius 1 is 1.40 bits per heavy atom. The van der Waals surface area contributed by atoms with Crippen LogP contribution in [0.3, 0.4) is 0 Å². The number of carbonyl (C=O) groups excluding carboxylic acids is 1. The first kappa shape index (κ1) is 12.5. The van der Waals surface area contributed by atoms with Crippen LogP contribution >= 0.6 is 0 Å². The second kappa shape index (κ2) is 4.49. The van der Waals surface area contributed by atoms with Crippen molar-refractivity contribution in [3.8, 4) is 0 Å². The summed E-state index contributed by atoms with van der Waals surface area (Å²) in [6.07, 6.45) is 1.83. The van der Waals surface area contributed by atoms with Crippen molar-refractivity contribution < 1.29 is 19.4 Å². The fourth-order valence-corrected chi connectivity index (χ4v) is 2.00. The third-order valence-corrected chi connectivity index (χ3v) is 3.40. The van der Waals surface area contributed by atoms with Gasteiger partial charge in [0.2, 0.25) is 0 Å². The Labute approximate surface area is 90.6 Å². The minimum atomic E-state index is -1.02. The van der Waals surface area contributed by atoms with Crippen molar-refractivity contribution in [3.63, 3.8) is 0 Å². The van der Waals surface area contributed by atoms with Crippen LogP contribution < -0.4 is 0 Å². The number of esters is 1. The Hall–Kier alpha value is -0.610. The number of hydrogen-bond acceptors (Lipinski definition) is 4. The van der Waals surface area contributed by atoms with Gasteiger partial charge in [0.05, 0.1) is 18.1 Å². The summed E-state index contributed by atoms with van der Waals surface area (Å²) < 4.78 is 10.0. The van der Waals surface area contributed by atoms with Gasteiger partial charge in [-0.1, -0.05) is 0 Å². The van der Waals surface area contributed by atoms with Gasteiger partial charge in [-0.05, 0) is 26.7 Å². The standard InChI is InChI=1S/C11H20O4/c1-10(2,9(12)14-3)11(13)5-4-7-15-8-6-11/h13H,4-8H2,1-3H3. The van der Waals surface area contributed by atoms with Gasteiger partial charge in [0.1, 0.15) is 0 Å². The van der Waals surface area contributed by atoms with Gasteiger partial charge in [0, 0.05) is 19.6 Å². The molecule has 1 aliphatic rings. The Bertz CT molecular complexity index is 227. The van der Waals surface area contributed by atoms with Crippen molar-refractivity contribution >= 4 is 5.97 Å². The van der Waals surface area contributed by atoms with Gasteiger partial charge in [-0.25, -0.2) is 0 Å². The van der Waals surface area contributed by atoms with E-state index in [1.54, 1.807) is 13.8 Å². The molecule has 4 nitrogen and oxygen atoms in total. The summed E-state index contributed by atoms with van der Waals surface area (Å²) in [6.45, 7) is 4.60. The van der Waals surface area contributed by atoms with Crippen molar-refractivity contribution in [1.82, 2.24) is 0 Å². The molecule has 15 heavy (non-hydrogen) atoms. The van der Waals surface area contributed by atoms with Gasteiger partial charge in [0.15, 0.2) is 0 Å². The SMILES string of the molecule is COC(=O)C(C)(C)C1(O)CCCOCC1. The number of hydrogen-bond donors (Lipinski definition) is 1. The second-order valence-electron chi connectivity index (χ2n) is 4.61. The van der Waals surface area contributed by atoms with Crippen LogP contribution in [0.4, 0.5) is 0 Å². The van der Waals surface area contributed by atoms with Crippen LogP contribution in [-0.2, 0) is 14.3 Å². The predicted molar refractivity (Wildman–Crippen MR) is 55.4 cm³/mol. The number of methoxy groups -OCH3 is 1. The molecule has 0 aromatic heterocycles. The monoisotopic (exact) mass is 216 g/mol. The molecule has 4 heteroatoms. The van der Waals surface area contributed by atoms with E-state index < -0.39 is 11.0 Å². The Morgan fingerprint density at radius 2 is 2.07 bits per heavy atom. The third-order valence-electron chi connectivity index (χ3n) is 3.40. The molecule has 0 aromatic carbocycles.